The van der Waals surface area contributed by atoms with Gasteiger partial charge in [-0.15, -0.1) is 5.10 Å². The monoisotopic (exact) mass is 249 g/mol. The molecule has 6 heteroatoms. The summed E-state index contributed by atoms with van der Waals surface area (Å²) < 4.78 is 14.4. The topological polar surface area (TPSA) is 54.2 Å². The molecule has 2 aromatic heterocycles. The van der Waals surface area contributed by atoms with Crippen LogP contribution in [0, 0.1) is 11.7 Å². The van der Waals surface area contributed by atoms with Gasteiger partial charge in [0.15, 0.2) is 5.65 Å². The van der Waals surface area contributed by atoms with Gasteiger partial charge < -0.3 is 10.6 Å². The van der Waals surface area contributed by atoms with Gasteiger partial charge in [0.1, 0.15) is 5.82 Å². The number of hydrogen-bond acceptors (Lipinski definition) is 4. The molecule has 3 heterocycles. The summed E-state index contributed by atoms with van der Waals surface area (Å²) in [5, 5.41) is 10.7. The van der Waals surface area contributed by atoms with Crippen molar-refractivity contribution in [3.05, 3.63) is 24.1 Å². The molecule has 0 saturated carbocycles. The van der Waals surface area contributed by atoms with E-state index in [2.05, 4.69) is 20.7 Å². The molecule has 1 saturated heterocycles. The van der Waals surface area contributed by atoms with Gasteiger partial charge in [0.25, 0.3) is 0 Å². The van der Waals surface area contributed by atoms with E-state index in [0.717, 1.165) is 32.0 Å². The SMILES string of the molecule is Fc1ccc2nc(NCCC3CCNC3)nn2c1. The molecular formula is C12H16FN5. The lowest BCUT2D eigenvalue weighted by Gasteiger charge is -2.07. The Kier molecular flexibility index (Phi) is 3.10. The Morgan fingerprint density at radius 3 is 3.28 bits per heavy atom. The average Bonchev–Trinajstić information content (AvgIpc) is 2.97. The number of nitrogens with one attached hydrogen (secondary N) is 2. The van der Waals surface area contributed by atoms with Crippen LogP contribution < -0.4 is 10.6 Å². The van der Waals surface area contributed by atoms with Gasteiger partial charge in [0, 0.05) is 6.54 Å². The highest BCUT2D eigenvalue weighted by molar-refractivity contribution is 5.42. The van der Waals surface area contributed by atoms with Crippen molar-refractivity contribution in [2.45, 2.75) is 12.8 Å². The standard InChI is InChI=1S/C12H16FN5/c13-10-1-2-11-16-12(17-18(11)8-10)15-6-4-9-3-5-14-7-9/h1-2,8-9,14H,3-7H2,(H,15,17). The van der Waals surface area contributed by atoms with E-state index >= 15 is 0 Å². The van der Waals surface area contributed by atoms with Crippen LogP contribution >= 0.6 is 0 Å². The van der Waals surface area contributed by atoms with Crippen molar-refractivity contribution in [2.75, 3.05) is 25.0 Å². The van der Waals surface area contributed by atoms with Gasteiger partial charge >= 0.3 is 0 Å². The van der Waals surface area contributed by atoms with E-state index in [-0.39, 0.29) is 5.82 Å². The molecule has 0 bridgehead atoms. The van der Waals surface area contributed by atoms with Crippen molar-refractivity contribution in [2.24, 2.45) is 5.92 Å². The normalized spacial score (nSPS) is 19.5. The highest BCUT2D eigenvalue weighted by atomic mass is 19.1. The predicted octanol–water partition coefficient (Wildman–Crippen LogP) is 1.28. The van der Waals surface area contributed by atoms with Crippen LogP contribution in [0.15, 0.2) is 18.3 Å². The number of pyridine rings is 1. The second-order valence-electron chi connectivity index (χ2n) is 4.66. The third-order valence-electron chi connectivity index (χ3n) is 3.29. The molecule has 2 N–H and O–H groups in total. The maximum absolute atomic E-state index is 13.0. The van der Waals surface area contributed by atoms with Crippen LogP contribution in [0.25, 0.3) is 5.65 Å². The molecule has 1 aliphatic heterocycles. The van der Waals surface area contributed by atoms with E-state index in [0.29, 0.717) is 11.6 Å². The lowest BCUT2D eigenvalue weighted by atomic mass is 10.1. The maximum Gasteiger partial charge on any atom is 0.243 e. The van der Waals surface area contributed by atoms with E-state index in [1.165, 1.54) is 23.2 Å². The van der Waals surface area contributed by atoms with Gasteiger partial charge in [-0.2, -0.15) is 4.98 Å². The summed E-state index contributed by atoms with van der Waals surface area (Å²) in [5.74, 6) is 0.995. The second-order valence-corrected chi connectivity index (χ2v) is 4.66. The summed E-state index contributed by atoms with van der Waals surface area (Å²) >= 11 is 0. The van der Waals surface area contributed by atoms with Crippen LogP contribution in [0.3, 0.4) is 0 Å². The number of rotatable bonds is 4. The minimum atomic E-state index is -0.309. The van der Waals surface area contributed by atoms with Crippen LogP contribution in [0.5, 0.6) is 0 Å². The van der Waals surface area contributed by atoms with Gasteiger partial charge in [-0.05, 0) is 44.0 Å². The predicted molar refractivity (Wildman–Crippen MR) is 67.0 cm³/mol. The Labute approximate surface area is 104 Å². The molecule has 5 nitrogen and oxygen atoms in total. The van der Waals surface area contributed by atoms with E-state index < -0.39 is 0 Å². The molecular weight excluding hydrogens is 233 g/mol. The first-order valence-electron chi connectivity index (χ1n) is 6.28. The van der Waals surface area contributed by atoms with Gasteiger partial charge in [0.2, 0.25) is 5.95 Å². The summed E-state index contributed by atoms with van der Waals surface area (Å²) in [5.41, 5.74) is 0.654. The fourth-order valence-corrected chi connectivity index (χ4v) is 2.28. The molecule has 0 radical (unpaired) electrons. The third-order valence-corrected chi connectivity index (χ3v) is 3.29. The van der Waals surface area contributed by atoms with Gasteiger partial charge in [-0.25, -0.2) is 8.91 Å². The number of halogens is 1. The molecule has 3 rings (SSSR count). The number of aromatic nitrogens is 3. The van der Waals surface area contributed by atoms with E-state index in [9.17, 15) is 4.39 Å². The van der Waals surface area contributed by atoms with E-state index in [1.54, 1.807) is 6.07 Å². The first kappa shape index (κ1) is 11.4. The average molecular weight is 249 g/mol. The minimum Gasteiger partial charge on any atom is -0.353 e. The van der Waals surface area contributed by atoms with Crippen molar-refractivity contribution in [3.63, 3.8) is 0 Å². The number of hydrogen-bond donors (Lipinski definition) is 2. The number of anilines is 1. The molecule has 1 atom stereocenters. The zero-order valence-corrected chi connectivity index (χ0v) is 10.1. The highest BCUT2D eigenvalue weighted by Gasteiger charge is 2.13. The van der Waals surface area contributed by atoms with Crippen LogP contribution in [-0.4, -0.2) is 34.2 Å². The van der Waals surface area contributed by atoms with Gasteiger partial charge in [0.05, 0.1) is 6.20 Å². The molecule has 0 aromatic carbocycles. The quantitative estimate of drug-likeness (QED) is 0.857. The van der Waals surface area contributed by atoms with Crippen molar-refractivity contribution in [3.8, 4) is 0 Å². The van der Waals surface area contributed by atoms with Crippen molar-refractivity contribution < 1.29 is 4.39 Å². The molecule has 18 heavy (non-hydrogen) atoms. The van der Waals surface area contributed by atoms with Crippen LogP contribution in [0.1, 0.15) is 12.8 Å². The lowest BCUT2D eigenvalue weighted by Crippen LogP contribution is -2.13. The molecule has 0 spiro atoms. The number of fused-ring (bicyclic) bond motifs is 1. The van der Waals surface area contributed by atoms with Crippen molar-refractivity contribution in [1.29, 1.82) is 0 Å². The Balaban J connectivity index is 1.60. The zero-order chi connectivity index (χ0) is 12.4. The maximum atomic E-state index is 13.0. The van der Waals surface area contributed by atoms with Gasteiger partial charge in [-0.1, -0.05) is 0 Å². The Bertz CT molecular complexity index is 532. The van der Waals surface area contributed by atoms with Crippen molar-refractivity contribution >= 4 is 11.6 Å². The van der Waals surface area contributed by atoms with Crippen LogP contribution in [0.4, 0.5) is 10.3 Å². The molecule has 0 aliphatic carbocycles. The molecule has 1 unspecified atom stereocenters. The fraction of sp³-hybridized carbons (Fsp3) is 0.500. The molecule has 1 fully saturated rings. The largest absolute Gasteiger partial charge is 0.353 e. The summed E-state index contributed by atoms with van der Waals surface area (Å²) in [6.45, 7) is 3.08. The summed E-state index contributed by atoms with van der Waals surface area (Å²) in [7, 11) is 0. The minimum absolute atomic E-state index is 0.309. The Morgan fingerprint density at radius 1 is 1.50 bits per heavy atom. The Morgan fingerprint density at radius 2 is 2.44 bits per heavy atom. The first-order chi connectivity index (χ1) is 8.81. The van der Waals surface area contributed by atoms with Crippen molar-refractivity contribution in [1.82, 2.24) is 19.9 Å². The second kappa shape index (κ2) is 4.89. The van der Waals surface area contributed by atoms with Gasteiger partial charge in [-0.3, -0.25) is 0 Å². The van der Waals surface area contributed by atoms with E-state index in [4.69, 9.17) is 0 Å². The summed E-state index contributed by atoms with van der Waals surface area (Å²) in [6, 6.07) is 3.01. The molecule has 1 aliphatic rings. The fourth-order valence-electron chi connectivity index (χ4n) is 2.28. The summed E-state index contributed by atoms with van der Waals surface area (Å²) in [4.78, 5) is 4.28. The smallest absolute Gasteiger partial charge is 0.243 e. The Hall–Kier alpha value is -1.69. The first-order valence-corrected chi connectivity index (χ1v) is 6.28. The molecule has 96 valence electrons. The molecule has 0 amide bonds. The zero-order valence-electron chi connectivity index (χ0n) is 10.1. The third kappa shape index (κ3) is 2.43. The molecule has 2 aromatic rings. The highest BCUT2D eigenvalue weighted by Crippen LogP contribution is 2.12. The van der Waals surface area contributed by atoms with Crippen LogP contribution in [-0.2, 0) is 0 Å². The van der Waals surface area contributed by atoms with Crippen LogP contribution in [0.2, 0.25) is 0 Å². The number of nitrogens with zero attached hydrogens (tertiary/aromatic N) is 3. The lowest BCUT2D eigenvalue weighted by molar-refractivity contribution is 0.548. The summed E-state index contributed by atoms with van der Waals surface area (Å²) in [6.07, 6.45) is 3.68. The van der Waals surface area contributed by atoms with E-state index in [1.807, 2.05) is 0 Å².